The molecule has 1 fully saturated rings. The molecule has 0 N–H and O–H groups in total. The molecule has 0 aromatic carbocycles. The van der Waals surface area contributed by atoms with Gasteiger partial charge in [0.05, 0.1) is 4.92 Å². The van der Waals surface area contributed by atoms with Gasteiger partial charge in [-0.3, -0.25) is 10.1 Å². The van der Waals surface area contributed by atoms with Crippen LogP contribution in [0, 0.1) is 17.0 Å². The third-order valence-electron chi connectivity index (χ3n) is 3.77. The van der Waals surface area contributed by atoms with E-state index in [0.29, 0.717) is 11.5 Å². The zero-order valence-electron chi connectivity index (χ0n) is 11.8. The van der Waals surface area contributed by atoms with Crippen molar-refractivity contribution in [3.05, 3.63) is 21.1 Å². The Kier molecular flexibility index (Phi) is 4.39. The van der Waals surface area contributed by atoms with E-state index < -0.39 is 4.92 Å². The Morgan fingerprint density at radius 3 is 2.55 bits per heavy atom. The quantitative estimate of drug-likeness (QED) is 0.482. The van der Waals surface area contributed by atoms with Crippen molar-refractivity contribution in [3.8, 4) is 0 Å². The van der Waals surface area contributed by atoms with Crippen LogP contribution in [0.15, 0.2) is 0 Å². The molecule has 7 nitrogen and oxygen atoms in total. The van der Waals surface area contributed by atoms with Gasteiger partial charge >= 0.3 is 5.69 Å². The predicted molar refractivity (Wildman–Crippen MR) is 77.4 cm³/mol. The van der Waals surface area contributed by atoms with E-state index in [2.05, 4.69) is 21.9 Å². The Bertz CT molecular complexity index is 517. The van der Waals surface area contributed by atoms with E-state index >= 15 is 0 Å². The summed E-state index contributed by atoms with van der Waals surface area (Å²) >= 11 is 5.85. The van der Waals surface area contributed by atoms with E-state index in [0.717, 1.165) is 25.9 Å². The van der Waals surface area contributed by atoms with Gasteiger partial charge in [-0.05, 0) is 51.5 Å². The van der Waals surface area contributed by atoms with Crippen LogP contribution in [0.3, 0.4) is 0 Å². The van der Waals surface area contributed by atoms with E-state index in [1.54, 1.807) is 6.92 Å². The molecule has 0 bridgehead atoms. The van der Waals surface area contributed by atoms with E-state index in [1.807, 2.05) is 11.9 Å². The highest BCUT2D eigenvalue weighted by molar-refractivity contribution is 6.28. The SMILES string of the molecule is Cc1nc(Cl)nc(N(C)C2CCN(C)CC2)c1[N+](=O)[O-]. The van der Waals surface area contributed by atoms with Gasteiger partial charge in [0.1, 0.15) is 5.69 Å². The zero-order chi connectivity index (χ0) is 14.9. The third kappa shape index (κ3) is 2.99. The molecule has 0 atom stereocenters. The first-order valence-corrected chi connectivity index (χ1v) is 6.88. The number of aromatic nitrogens is 2. The number of piperidine rings is 1. The molecule has 2 rings (SSSR count). The maximum Gasteiger partial charge on any atom is 0.332 e. The Hall–Kier alpha value is -1.47. The largest absolute Gasteiger partial charge is 0.351 e. The van der Waals surface area contributed by atoms with Gasteiger partial charge in [0.2, 0.25) is 11.1 Å². The standard InChI is InChI=1S/C12H18ClN5O2/c1-8-10(18(19)20)11(15-12(13)14-8)17(3)9-4-6-16(2)7-5-9/h9H,4-7H2,1-3H3. The van der Waals surface area contributed by atoms with Crippen LogP contribution in [0.1, 0.15) is 18.5 Å². The fourth-order valence-corrected chi connectivity index (χ4v) is 2.74. The van der Waals surface area contributed by atoms with Crippen LogP contribution in [-0.2, 0) is 0 Å². The summed E-state index contributed by atoms with van der Waals surface area (Å²) in [6.45, 7) is 3.53. The van der Waals surface area contributed by atoms with Crippen LogP contribution in [0.2, 0.25) is 5.28 Å². The highest BCUT2D eigenvalue weighted by atomic mass is 35.5. The molecule has 110 valence electrons. The van der Waals surface area contributed by atoms with Crippen molar-refractivity contribution in [2.24, 2.45) is 0 Å². The summed E-state index contributed by atoms with van der Waals surface area (Å²) < 4.78 is 0. The lowest BCUT2D eigenvalue weighted by Crippen LogP contribution is -2.42. The minimum atomic E-state index is -0.438. The van der Waals surface area contributed by atoms with Crippen molar-refractivity contribution < 1.29 is 4.92 Å². The lowest BCUT2D eigenvalue weighted by Gasteiger charge is -2.35. The predicted octanol–water partition coefficient (Wildman–Crippen LogP) is 1.88. The topological polar surface area (TPSA) is 75.4 Å². The number of hydrogen-bond acceptors (Lipinski definition) is 6. The van der Waals surface area contributed by atoms with E-state index in [9.17, 15) is 10.1 Å². The van der Waals surface area contributed by atoms with Crippen LogP contribution >= 0.6 is 11.6 Å². The number of nitrogens with zero attached hydrogens (tertiary/aromatic N) is 5. The molecular weight excluding hydrogens is 282 g/mol. The Morgan fingerprint density at radius 1 is 1.40 bits per heavy atom. The summed E-state index contributed by atoms with van der Waals surface area (Å²) in [4.78, 5) is 22.9. The number of halogens is 1. The normalized spacial score (nSPS) is 17.2. The average molecular weight is 300 g/mol. The van der Waals surface area contributed by atoms with Crippen molar-refractivity contribution >= 4 is 23.1 Å². The molecule has 1 saturated heterocycles. The summed E-state index contributed by atoms with van der Waals surface area (Å²) in [6, 6.07) is 0.232. The summed E-state index contributed by atoms with van der Waals surface area (Å²) in [7, 11) is 3.91. The van der Waals surface area contributed by atoms with Gasteiger partial charge in [0, 0.05) is 13.1 Å². The molecule has 0 aliphatic carbocycles. The Balaban J connectivity index is 2.33. The van der Waals surface area contributed by atoms with Crippen molar-refractivity contribution in [2.75, 3.05) is 32.1 Å². The van der Waals surface area contributed by atoms with Gasteiger partial charge in [-0.25, -0.2) is 4.98 Å². The number of rotatable bonds is 3. The van der Waals surface area contributed by atoms with Crippen molar-refractivity contribution in [1.29, 1.82) is 0 Å². The second-order valence-corrected chi connectivity index (χ2v) is 5.49. The monoisotopic (exact) mass is 299 g/mol. The Morgan fingerprint density at radius 2 is 2.00 bits per heavy atom. The molecule has 0 saturated carbocycles. The van der Waals surface area contributed by atoms with Crippen LogP contribution in [0.25, 0.3) is 0 Å². The third-order valence-corrected chi connectivity index (χ3v) is 3.93. The highest BCUT2D eigenvalue weighted by Gasteiger charge is 2.29. The van der Waals surface area contributed by atoms with Crippen molar-refractivity contribution in [1.82, 2.24) is 14.9 Å². The number of likely N-dealkylation sites (tertiary alicyclic amines) is 1. The van der Waals surface area contributed by atoms with E-state index in [-0.39, 0.29) is 17.0 Å². The smallest absolute Gasteiger partial charge is 0.332 e. The fraction of sp³-hybridized carbons (Fsp3) is 0.667. The summed E-state index contributed by atoms with van der Waals surface area (Å²) in [5, 5.41) is 11.3. The van der Waals surface area contributed by atoms with Crippen molar-refractivity contribution in [2.45, 2.75) is 25.8 Å². The first kappa shape index (κ1) is 14.9. The van der Waals surface area contributed by atoms with Gasteiger partial charge in [-0.2, -0.15) is 4.98 Å². The van der Waals surface area contributed by atoms with Crippen LogP contribution in [0.4, 0.5) is 11.5 Å². The number of anilines is 1. The van der Waals surface area contributed by atoms with E-state index in [4.69, 9.17) is 11.6 Å². The molecule has 0 spiro atoms. The lowest BCUT2D eigenvalue weighted by molar-refractivity contribution is -0.385. The van der Waals surface area contributed by atoms with Gasteiger partial charge in [0.15, 0.2) is 0 Å². The minimum Gasteiger partial charge on any atom is -0.351 e. The van der Waals surface area contributed by atoms with Gasteiger partial charge < -0.3 is 9.80 Å². The molecule has 1 aliphatic rings. The lowest BCUT2D eigenvalue weighted by atomic mass is 10.0. The first-order valence-electron chi connectivity index (χ1n) is 6.50. The highest BCUT2D eigenvalue weighted by Crippen LogP contribution is 2.31. The van der Waals surface area contributed by atoms with Gasteiger partial charge in [0.25, 0.3) is 0 Å². The maximum atomic E-state index is 11.2. The zero-order valence-corrected chi connectivity index (χ0v) is 12.6. The van der Waals surface area contributed by atoms with Crippen LogP contribution in [0.5, 0.6) is 0 Å². The summed E-state index contributed by atoms with van der Waals surface area (Å²) in [5.74, 6) is 0.307. The molecule has 1 aliphatic heterocycles. The molecule has 0 radical (unpaired) electrons. The number of nitro groups is 1. The molecule has 2 heterocycles. The fourth-order valence-electron chi connectivity index (χ4n) is 2.53. The molecule has 1 aromatic rings. The molecule has 8 heteroatoms. The van der Waals surface area contributed by atoms with Gasteiger partial charge in [-0.1, -0.05) is 0 Å². The average Bonchev–Trinajstić information content (AvgIpc) is 2.37. The second-order valence-electron chi connectivity index (χ2n) is 5.15. The maximum absolute atomic E-state index is 11.2. The van der Waals surface area contributed by atoms with E-state index in [1.165, 1.54) is 0 Å². The molecule has 0 amide bonds. The first-order chi connectivity index (χ1) is 9.40. The summed E-state index contributed by atoms with van der Waals surface area (Å²) in [6.07, 6.45) is 1.90. The molecular formula is C12H18ClN5O2. The minimum absolute atomic E-state index is 0.0443. The molecule has 0 unspecified atom stereocenters. The van der Waals surface area contributed by atoms with Crippen molar-refractivity contribution in [3.63, 3.8) is 0 Å². The number of hydrogen-bond donors (Lipinski definition) is 0. The molecule has 1 aromatic heterocycles. The van der Waals surface area contributed by atoms with Crippen LogP contribution in [-0.4, -0.2) is 53.0 Å². The number of aryl methyl sites for hydroxylation is 1. The summed E-state index contributed by atoms with van der Waals surface area (Å²) in [5.41, 5.74) is 0.237. The van der Waals surface area contributed by atoms with Gasteiger partial charge in [-0.15, -0.1) is 0 Å². The molecule has 20 heavy (non-hydrogen) atoms. The Labute approximate surface area is 122 Å². The second kappa shape index (κ2) is 5.88. The van der Waals surface area contributed by atoms with Crippen LogP contribution < -0.4 is 4.90 Å².